The fourth-order valence-corrected chi connectivity index (χ4v) is 2.91. The van der Waals surface area contributed by atoms with Gasteiger partial charge in [-0.05, 0) is 31.0 Å². The van der Waals surface area contributed by atoms with Crippen LogP contribution in [0.1, 0.15) is 19.3 Å². The molecule has 120 valence electrons. The largest absolute Gasteiger partial charge is 0.495 e. The Balaban J connectivity index is 2.64. The molecule has 0 atom stereocenters. The summed E-state index contributed by atoms with van der Waals surface area (Å²) < 4.78 is 67.1. The van der Waals surface area contributed by atoms with Crippen LogP contribution in [-0.4, -0.2) is 28.2 Å². The molecule has 0 bridgehead atoms. The average molecular weight is 326 g/mol. The molecule has 3 N–H and O–H groups in total. The van der Waals surface area contributed by atoms with Crippen molar-refractivity contribution in [1.29, 1.82) is 0 Å². The Kier molecular flexibility index (Phi) is 5.85. The van der Waals surface area contributed by atoms with Crippen LogP contribution in [0.4, 0.5) is 18.9 Å². The molecule has 0 heterocycles. The monoisotopic (exact) mass is 326 g/mol. The smallest absolute Gasteiger partial charge is 0.389 e. The van der Waals surface area contributed by atoms with Crippen molar-refractivity contribution < 1.29 is 26.3 Å². The highest BCUT2D eigenvalue weighted by molar-refractivity contribution is 7.89. The van der Waals surface area contributed by atoms with Gasteiger partial charge in [0.2, 0.25) is 10.0 Å². The number of halogens is 3. The first kappa shape index (κ1) is 17.6. The molecule has 1 aromatic carbocycles. The molecule has 0 aliphatic heterocycles. The summed E-state index contributed by atoms with van der Waals surface area (Å²) in [6, 6.07) is 4.13. The van der Waals surface area contributed by atoms with Crippen LogP contribution in [0.2, 0.25) is 0 Å². The Hall–Kier alpha value is -1.48. The van der Waals surface area contributed by atoms with Crippen LogP contribution < -0.4 is 15.2 Å². The topological polar surface area (TPSA) is 81.4 Å². The van der Waals surface area contributed by atoms with Crippen molar-refractivity contribution in [2.45, 2.75) is 30.3 Å². The second-order valence-electron chi connectivity index (χ2n) is 4.38. The summed E-state index contributed by atoms with van der Waals surface area (Å²) in [5, 5.41) is 0. The summed E-state index contributed by atoms with van der Waals surface area (Å²) in [5.41, 5.74) is 5.77. The summed E-state index contributed by atoms with van der Waals surface area (Å²) in [5.74, 6) is 0.118. The molecule has 0 saturated carbocycles. The minimum absolute atomic E-state index is 0.0867. The lowest BCUT2D eigenvalue weighted by atomic mass is 10.2. The maximum Gasteiger partial charge on any atom is 0.389 e. The van der Waals surface area contributed by atoms with E-state index in [0.29, 0.717) is 0 Å². The van der Waals surface area contributed by atoms with E-state index in [1.807, 2.05) is 0 Å². The van der Waals surface area contributed by atoms with E-state index in [1.165, 1.54) is 25.3 Å². The van der Waals surface area contributed by atoms with Crippen LogP contribution in [0.15, 0.2) is 23.1 Å². The van der Waals surface area contributed by atoms with E-state index in [4.69, 9.17) is 10.5 Å². The van der Waals surface area contributed by atoms with E-state index < -0.39 is 22.6 Å². The van der Waals surface area contributed by atoms with E-state index in [-0.39, 0.29) is 35.7 Å². The van der Waals surface area contributed by atoms with E-state index >= 15 is 0 Å². The summed E-state index contributed by atoms with van der Waals surface area (Å²) in [4.78, 5) is -0.138. The van der Waals surface area contributed by atoms with Crippen molar-refractivity contribution in [1.82, 2.24) is 4.72 Å². The van der Waals surface area contributed by atoms with Gasteiger partial charge >= 0.3 is 6.18 Å². The molecule has 1 rings (SSSR count). The summed E-state index contributed by atoms with van der Waals surface area (Å²) in [6.07, 6.45) is -5.21. The molecule has 0 aromatic heterocycles. The van der Waals surface area contributed by atoms with Crippen LogP contribution in [-0.2, 0) is 10.0 Å². The quantitative estimate of drug-likeness (QED) is 0.595. The van der Waals surface area contributed by atoms with Gasteiger partial charge < -0.3 is 10.5 Å². The Bertz CT molecular complexity index is 574. The van der Waals surface area contributed by atoms with Gasteiger partial charge in [-0.3, -0.25) is 0 Å². The van der Waals surface area contributed by atoms with Crippen LogP contribution in [0.25, 0.3) is 0 Å². The zero-order chi connectivity index (χ0) is 16.1. The molecule has 21 heavy (non-hydrogen) atoms. The minimum Gasteiger partial charge on any atom is -0.495 e. The minimum atomic E-state index is -4.23. The molecule has 1 aromatic rings. The van der Waals surface area contributed by atoms with E-state index in [9.17, 15) is 21.6 Å². The number of ether oxygens (including phenoxy) is 1. The highest BCUT2D eigenvalue weighted by Crippen LogP contribution is 2.26. The number of sulfonamides is 1. The van der Waals surface area contributed by atoms with Gasteiger partial charge in [0.25, 0.3) is 0 Å². The Morgan fingerprint density at radius 3 is 2.52 bits per heavy atom. The van der Waals surface area contributed by atoms with Crippen molar-refractivity contribution in [3.8, 4) is 5.75 Å². The first-order chi connectivity index (χ1) is 9.65. The Morgan fingerprint density at radius 1 is 1.29 bits per heavy atom. The maximum atomic E-state index is 12.1. The number of unbranched alkanes of at least 4 members (excludes halogenated alkanes) is 1. The molecule has 0 unspecified atom stereocenters. The number of alkyl halides is 3. The van der Waals surface area contributed by atoms with E-state index in [2.05, 4.69) is 4.72 Å². The zero-order valence-electron chi connectivity index (χ0n) is 11.4. The Labute approximate surface area is 121 Å². The lowest BCUT2D eigenvalue weighted by Crippen LogP contribution is -2.25. The highest BCUT2D eigenvalue weighted by atomic mass is 32.2. The third-order valence-electron chi connectivity index (χ3n) is 2.66. The van der Waals surface area contributed by atoms with Crippen LogP contribution >= 0.6 is 0 Å². The van der Waals surface area contributed by atoms with Crippen molar-refractivity contribution >= 4 is 15.7 Å². The number of nitrogen functional groups attached to an aromatic ring is 1. The summed E-state index contributed by atoms with van der Waals surface area (Å²) in [7, 11) is -2.56. The standard InChI is InChI=1S/C12H17F3N2O3S/c1-20-10-5-4-9(16)8-11(10)21(18,19)17-7-3-2-6-12(13,14)15/h4-5,8,17H,2-3,6-7,16H2,1H3. The van der Waals surface area contributed by atoms with Crippen LogP contribution in [0.5, 0.6) is 5.75 Å². The average Bonchev–Trinajstić information content (AvgIpc) is 2.36. The molecule has 5 nitrogen and oxygen atoms in total. The lowest BCUT2D eigenvalue weighted by Gasteiger charge is -2.11. The molecule has 0 aliphatic rings. The number of hydrogen-bond donors (Lipinski definition) is 2. The molecular formula is C12H17F3N2O3S. The van der Waals surface area contributed by atoms with Gasteiger partial charge in [-0.15, -0.1) is 0 Å². The number of nitrogens with one attached hydrogen (secondary N) is 1. The van der Waals surface area contributed by atoms with Gasteiger partial charge in [0.15, 0.2) is 0 Å². The number of hydrogen-bond acceptors (Lipinski definition) is 4. The van der Waals surface area contributed by atoms with Crippen LogP contribution in [0.3, 0.4) is 0 Å². The third kappa shape index (κ3) is 5.80. The van der Waals surface area contributed by atoms with E-state index in [1.54, 1.807) is 0 Å². The van der Waals surface area contributed by atoms with Gasteiger partial charge in [0.1, 0.15) is 10.6 Å². The molecule has 0 spiro atoms. The van der Waals surface area contributed by atoms with Crippen molar-refractivity contribution in [2.75, 3.05) is 19.4 Å². The van der Waals surface area contributed by atoms with Crippen molar-refractivity contribution in [3.05, 3.63) is 18.2 Å². The molecular weight excluding hydrogens is 309 g/mol. The second-order valence-corrected chi connectivity index (χ2v) is 6.12. The third-order valence-corrected chi connectivity index (χ3v) is 4.14. The van der Waals surface area contributed by atoms with Crippen molar-refractivity contribution in [3.63, 3.8) is 0 Å². The van der Waals surface area contributed by atoms with Crippen molar-refractivity contribution in [2.24, 2.45) is 0 Å². The predicted octanol–water partition coefficient (Wildman–Crippen LogP) is 2.29. The molecule has 0 amide bonds. The van der Waals surface area contributed by atoms with Gasteiger partial charge in [0, 0.05) is 18.7 Å². The maximum absolute atomic E-state index is 12.1. The SMILES string of the molecule is COc1ccc(N)cc1S(=O)(=O)NCCCCC(F)(F)F. The summed E-state index contributed by atoms with van der Waals surface area (Å²) >= 11 is 0. The lowest BCUT2D eigenvalue weighted by molar-refractivity contribution is -0.135. The number of benzene rings is 1. The number of nitrogens with two attached hydrogens (primary N) is 1. The molecule has 9 heteroatoms. The fourth-order valence-electron chi connectivity index (χ4n) is 1.64. The van der Waals surface area contributed by atoms with Gasteiger partial charge in [0.05, 0.1) is 7.11 Å². The van der Waals surface area contributed by atoms with Gasteiger partial charge in [-0.25, -0.2) is 13.1 Å². The van der Waals surface area contributed by atoms with E-state index in [0.717, 1.165) is 0 Å². The summed E-state index contributed by atoms with van der Waals surface area (Å²) in [6.45, 7) is -0.0869. The highest BCUT2D eigenvalue weighted by Gasteiger charge is 2.26. The normalized spacial score (nSPS) is 12.4. The molecule has 0 saturated heterocycles. The first-order valence-corrected chi connectivity index (χ1v) is 7.64. The first-order valence-electron chi connectivity index (χ1n) is 6.15. The van der Waals surface area contributed by atoms with Gasteiger partial charge in [-0.1, -0.05) is 0 Å². The van der Waals surface area contributed by atoms with Gasteiger partial charge in [-0.2, -0.15) is 13.2 Å². The Morgan fingerprint density at radius 2 is 1.95 bits per heavy atom. The number of rotatable bonds is 7. The fraction of sp³-hybridized carbons (Fsp3) is 0.500. The number of anilines is 1. The molecule has 0 fully saturated rings. The molecule has 0 radical (unpaired) electrons. The number of methoxy groups -OCH3 is 1. The second kappa shape index (κ2) is 6.99. The van der Waals surface area contributed by atoms with Crippen LogP contribution in [0, 0.1) is 0 Å². The zero-order valence-corrected chi connectivity index (χ0v) is 12.2. The predicted molar refractivity (Wildman–Crippen MR) is 72.5 cm³/mol. The molecule has 0 aliphatic carbocycles.